The number of anilines is 1. The smallest absolute Gasteiger partial charge is 0.216 e. The molecule has 3 aliphatic rings. The summed E-state index contributed by atoms with van der Waals surface area (Å²) in [7, 11) is 0. The SMILES string of the molecule is CCCN1CN=C2NC(c3ccc4c(c3)OCCO4)n3c(nc4ccccc43)N2C1. The third kappa shape index (κ3) is 2.71. The van der Waals surface area contributed by atoms with E-state index < -0.39 is 0 Å². The second-order valence-electron chi connectivity index (χ2n) is 7.81. The molecule has 154 valence electrons. The lowest BCUT2D eigenvalue weighted by Crippen LogP contribution is -2.57. The standard InChI is InChI=1S/C22H24N6O2/c1-2-9-26-13-23-21-25-20(15-7-8-18-19(12-15)30-11-10-29-18)28-17-6-4-3-5-16(17)24-22(28)27(21)14-26/h3-8,12,20H,2,9-11,13-14H2,1H3,(H,23,25). The molecule has 30 heavy (non-hydrogen) atoms. The van der Waals surface area contributed by atoms with E-state index in [0.29, 0.717) is 19.9 Å². The van der Waals surface area contributed by atoms with Gasteiger partial charge in [0.2, 0.25) is 11.9 Å². The third-order valence-corrected chi connectivity index (χ3v) is 5.78. The zero-order valence-electron chi connectivity index (χ0n) is 16.9. The Kier molecular flexibility index (Phi) is 4.05. The van der Waals surface area contributed by atoms with E-state index in [1.165, 1.54) is 0 Å². The van der Waals surface area contributed by atoms with Gasteiger partial charge in [-0.2, -0.15) is 0 Å². The van der Waals surface area contributed by atoms with E-state index in [2.05, 4.69) is 56.9 Å². The molecule has 0 saturated carbocycles. The van der Waals surface area contributed by atoms with E-state index in [9.17, 15) is 0 Å². The van der Waals surface area contributed by atoms with Crippen molar-refractivity contribution in [2.75, 3.05) is 38.0 Å². The zero-order chi connectivity index (χ0) is 20.1. The van der Waals surface area contributed by atoms with Gasteiger partial charge in [-0.25, -0.2) is 9.98 Å². The molecule has 0 radical (unpaired) electrons. The van der Waals surface area contributed by atoms with Crippen LogP contribution in [0.5, 0.6) is 11.5 Å². The van der Waals surface area contributed by atoms with Crippen LogP contribution in [0, 0.1) is 0 Å². The summed E-state index contributed by atoms with van der Waals surface area (Å²) in [6.07, 6.45) is 0.971. The molecule has 1 atom stereocenters. The molecule has 0 spiro atoms. The lowest BCUT2D eigenvalue weighted by Gasteiger charge is -2.41. The van der Waals surface area contributed by atoms with E-state index >= 15 is 0 Å². The number of imidazole rings is 1. The average molecular weight is 404 g/mol. The van der Waals surface area contributed by atoms with E-state index in [1.807, 2.05) is 12.1 Å². The fourth-order valence-corrected chi connectivity index (χ4v) is 4.43. The van der Waals surface area contributed by atoms with Crippen LogP contribution in [0.25, 0.3) is 11.0 Å². The van der Waals surface area contributed by atoms with Crippen molar-refractivity contribution in [3.63, 3.8) is 0 Å². The second kappa shape index (κ2) is 6.91. The molecule has 4 heterocycles. The first kappa shape index (κ1) is 17.6. The lowest BCUT2D eigenvalue weighted by atomic mass is 10.1. The number of hydrogen-bond donors (Lipinski definition) is 1. The first-order chi connectivity index (χ1) is 14.8. The number of para-hydroxylation sites is 2. The highest BCUT2D eigenvalue weighted by molar-refractivity contribution is 5.98. The Morgan fingerprint density at radius 3 is 2.87 bits per heavy atom. The maximum absolute atomic E-state index is 5.83. The van der Waals surface area contributed by atoms with Crippen LogP contribution in [-0.2, 0) is 0 Å². The van der Waals surface area contributed by atoms with E-state index in [-0.39, 0.29) is 6.17 Å². The van der Waals surface area contributed by atoms with Crippen molar-refractivity contribution in [1.29, 1.82) is 0 Å². The van der Waals surface area contributed by atoms with E-state index in [4.69, 9.17) is 19.5 Å². The van der Waals surface area contributed by atoms with Gasteiger partial charge in [0.1, 0.15) is 19.4 Å². The van der Waals surface area contributed by atoms with Crippen LogP contribution in [0.1, 0.15) is 25.1 Å². The molecule has 0 aliphatic carbocycles. The highest BCUT2D eigenvalue weighted by Gasteiger charge is 2.36. The molecule has 2 aromatic carbocycles. The Labute approximate surface area is 174 Å². The Morgan fingerprint density at radius 1 is 1.10 bits per heavy atom. The molecule has 6 rings (SSSR count). The average Bonchev–Trinajstić information content (AvgIpc) is 3.19. The van der Waals surface area contributed by atoms with Gasteiger partial charge in [0.15, 0.2) is 11.5 Å². The van der Waals surface area contributed by atoms with Crippen LogP contribution >= 0.6 is 0 Å². The summed E-state index contributed by atoms with van der Waals surface area (Å²) < 4.78 is 13.8. The summed E-state index contributed by atoms with van der Waals surface area (Å²) >= 11 is 0. The lowest BCUT2D eigenvalue weighted by molar-refractivity contribution is 0.171. The van der Waals surface area contributed by atoms with Crippen molar-refractivity contribution in [3.05, 3.63) is 48.0 Å². The number of rotatable bonds is 3. The van der Waals surface area contributed by atoms with Crippen LogP contribution in [0.4, 0.5) is 5.95 Å². The van der Waals surface area contributed by atoms with E-state index in [0.717, 1.165) is 59.6 Å². The van der Waals surface area contributed by atoms with Crippen LogP contribution in [-0.4, -0.2) is 53.5 Å². The highest BCUT2D eigenvalue weighted by atomic mass is 16.6. The molecule has 0 bridgehead atoms. The van der Waals surface area contributed by atoms with Gasteiger partial charge in [-0.1, -0.05) is 25.1 Å². The molecule has 8 nitrogen and oxygen atoms in total. The minimum atomic E-state index is -0.129. The topological polar surface area (TPSA) is 67.2 Å². The predicted molar refractivity (Wildman–Crippen MR) is 115 cm³/mol. The highest BCUT2D eigenvalue weighted by Crippen LogP contribution is 2.37. The Bertz CT molecular complexity index is 1140. The maximum Gasteiger partial charge on any atom is 0.216 e. The summed E-state index contributed by atoms with van der Waals surface area (Å²) in [5.41, 5.74) is 3.15. The molecular weight excluding hydrogens is 380 g/mol. The van der Waals surface area contributed by atoms with Gasteiger partial charge >= 0.3 is 0 Å². The van der Waals surface area contributed by atoms with Gasteiger partial charge in [0, 0.05) is 6.54 Å². The normalized spacial score (nSPS) is 20.4. The van der Waals surface area contributed by atoms with Gasteiger partial charge in [-0.3, -0.25) is 14.4 Å². The van der Waals surface area contributed by atoms with Crippen LogP contribution < -0.4 is 19.7 Å². The number of fused-ring (bicyclic) bond motifs is 6. The minimum Gasteiger partial charge on any atom is -0.486 e. The van der Waals surface area contributed by atoms with Crippen molar-refractivity contribution in [2.24, 2.45) is 4.99 Å². The first-order valence-electron chi connectivity index (χ1n) is 10.5. The molecule has 1 unspecified atom stereocenters. The first-order valence-corrected chi connectivity index (χ1v) is 10.5. The number of guanidine groups is 1. The van der Waals surface area contributed by atoms with Gasteiger partial charge in [0.05, 0.1) is 24.4 Å². The predicted octanol–water partition coefficient (Wildman–Crippen LogP) is 2.76. The molecule has 0 amide bonds. The van der Waals surface area contributed by atoms with Crippen LogP contribution in [0.2, 0.25) is 0 Å². The summed E-state index contributed by atoms with van der Waals surface area (Å²) in [6, 6.07) is 14.4. The van der Waals surface area contributed by atoms with Crippen molar-refractivity contribution in [2.45, 2.75) is 19.5 Å². The molecule has 0 saturated heterocycles. The molecule has 1 N–H and O–H groups in total. The summed E-state index contributed by atoms with van der Waals surface area (Å²) in [5.74, 6) is 3.36. The maximum atomic E-state index is 5.83. The van der Waals surface area contributed by atoms with Crippen LogP contribution in [0.15, 0.2) is 47.5 Å². The number of aliphatic imine (C=N–C) groups is 1. The number of benzene rings is 2. The van der Waals surface area contributed by atoms with Crippen molar-refractivity contribution < 1.29 is 9.47 Å². The van der Waals surface area contributed by atoms with E-state index in [1.54, 1.807) is 0 Å². The Hall–Kier alpha value is -3.26. The molecular formula is C22H24N6O2. The number of ether oxygens (including phenoxy) is 2. The zero-order valence-corrected chi connectivity index (χ0v) is 16.9. The number of aromatic nitrogens is 2. The fourth-order valence-electron chi connectivity index (χ4n) is 4.43. The van der Waals surface area contributed by atoms with Gasteiger partial charge in [0.25, 0.3) is 0 Å². The Morgan fingerprint density at radius 2 is 1.97 bits per heavy atom. The fraction of sp³-hybridized carbons (Fsp3) is 0.364. The molecule has 1 aromatic heterocycles. The monoisotopic (exact) mass is 404 g/mol. The molecule has 0 fully saturated rings. The number of nitrogens with one attached hydrogen (secondary N) is 1. The third-order valence-electron chi connectivity index (χ3n) is 5.78. The largest absolute Gasteiger partial charge is 0.486 e. The molecule has 8 heteroatoms. The second-order valence-corrected chi connectivity index (χ2v) is 7.81. The van der Waals surface area contributed by atoms with Gasteiger partial charge in [-0.05, 0) is 36.2 Å². The van der Waals surface area contributed by atoms with Crippen LogP contribution in [0.3, 0.4) is 0 Å². The van der Waals surface area contributed by atoms with Crippen molar-refractivity contribution in [1.82, 2.24) is 19.8 Å². The summed E-state index contributed by atoms with van der Waals surface area (Å²) in [4.78, 5) is 14.3. The van der Waals surface area contributed by atoms with Crippen molar-refractivity contribution in [3.8, 4) is 11.5 Å². The van der Waals surface area contributed by atoms with Gasteiger partial charge < -0.3 is 14.8 Å². The number of nitrogens with zero attached hydrogens (tertiary/aromatic N) is 5. The summed E-state index contributed by atoms with van der Waals surface area (Å²) in [6.45, 7) is 5.84. The Balaban J connectivity index is 1.49. The summed E-state index contributed by atoms with van der Waals surface area (Å²) in [5, 5.41) is 3.65. The molecule has 3 aromatic rings. The van der Waals surface area contributed by atoms with Crippen molar-refractivity contribution >= 4 is 22.9 Å². The molecule has 3 aliphatic heterocycles. The quantitative estimate of drug-likeness (QED) is 0.724. The van der Waals surface area contributed by atoms with Gasteiger partial charge in [-0.15, -0.1) is 0 Å². The number of hydrogen-bond acceptors (Lipinski definition) is 7. The minimum absolute atomic E-state index is 0.129.